The van der Waals surface area contributed by atoms with Crippen LogP contribution in [0.1, 0.15) is 0 Å². The van der Waals surface area contributed by atoms with Crippen molar-refractivity contribution in [1.82, 2.24) is 4.98 Å². The van der Waals surface area contributed by atoms with Gasteiger partial charge < -0.3 is 16.2 Å². The number of nitrogens with two attached hydrogens (primary N) is 2. The molecule has 0 atom stereocenters. The molecule has 1 aromatic carbocycles. The van der Waals surface area contributed by atoms with Gasteiger partial charge >= 0.3 is 0 Å². The molecule has 0 amide bonds. The van der Waals surface area contributed by atoms with E-state index < -0.39 is 0 Å². The standard InChI is InChI=1S/C11H8BrCl2N3O/c12-5-3-7(14)9(4-6(5)13)18-10-2-1-8(15)11(16)17-10/h1-4H,15H2,(H2,16,17). The first-order valence-corrected chi connectivity index (χ1v) is 6.36. The van der Waals surface area contributed by atoms with E-state index in [1.54, 1.807) is 24.3 Å². The fourth-order valence-electron chi connectivity index (χ4n) is 1.22. The van der Waals surface area contributed by atoms with Gasteiger partial charge in [0.05, 0.1) is 15.7 Å². The molecule has 0 aliphatic heterocycles. The Hall–Kier alpha value is -1.17. The molecule has 0 bridgehead atoms. The monoisotopic (exact) mass is 347 g/mol. The van der Waals surface area contributed by atoms with E-state index >= 15 is 0 Å². The van der Waals surface area contributed by atoms with E-state index in [0.717, 1.165) is 0 Å². The lowest BCUT2D eigenvalue weighted by atomic mass is 10.3. The van der Waals surface area contributed by atoms with E-state index in [2.05, 4.69) is 20.9 Å². The molecule has 18 heavy (non-hydrogen) atoms. The number of halogens is 3. The molecular weight excluding hydrogens is 341 g/mol. The summed E-state index contributed by atoms with van der Waals surface area (Å²) in [6.07, 6.45) is 0. The summed E-state index contributed by atoms with van der Waals surface area (Å²) in [5, 5.41) is 0.890. The minimum Gasteiger partial charge on any atom is -0.437 e. The van der Waals surface area contributed by atoms with Crippen LogP contribution in [0.25, 0.3) is 0 Å². The molecule has 0 spiro atoms. The van der Waals surface area contributed by atoms with Gasteiger partial charge in [-0.1, -0.05) is 23.2 Å². The molecule has 4 N–H and O–H groups in total. The molecule has 0 saturated heterocycles. The molecule has 0 aliphatic rings. The summed E-state index contributed by atoms with van der Waals surface area (Å²) in [5.74, 6) is 0.885. The molecule has 0 aliphatic carbocycles. The summed E-state index contributed by atoms with van der Waals surface area (Å²) in [6, 6.07) is 6.42. The zero-order valence-corrected chi connectivity index (χ0v) is 12.1. The van der Waals surface area contributed by atoms with Crippen LogP contribution in [0.5, 0.6) is 11.6 Å². The molecule has 1 aromatic heterocycles. The fraction of sp³-hybridized carbons (Fsp3) is 0. The third-order valence-corrected chi connectivity index (χ3v) is 3.61. The first-order valence-electron chi connectivity index (χ1n) is 4.82. The summed E-state index contributed by atoms with van der Waals surface area (Å²) >= 11 is 15.2. The quantitative estimate of drug-likeness (QED) is 0.801. The Morgan fingerprint density at radius 1 is 1.11 bits per heavy atom. The lowest BCUT2D eigenvalue weighted by molar-refractivity contribution is 0.464. The first kappa shape index (κ1) is 13.3. The van der Waals surface area contributed by atoms with Crippen LogP contribution < -0.4 is 16.2 Å². The number of hydrogen-bond donors (Lipinski definition) is 2. The van der Waals surface area contributed by atoms with Crippen molar-refractivity contribution in [3.63, 3.8) is 0 Å². The van der Waals surface area contributed by atoms with Crippen LogP contribution in [0.15, 0.2) is 28.7 Å². The van der Waals surface area contributed by atoms with Crippen LogP contribution in [-0.4, -0.2) is 4.98 Å². The topological polar surface area (TPSA) is 74.2 Å². The van der Waals surface area contributed by atoms with Crippen LogP contribution in [0.4, 0.5) is 11.5 Å². The normalized spacial score (nSPS) is 10.4. The second kappa shape index (κ2) is 5.22. The van der Waals surface area contributed by atoms with E-state index in [9.17, 15) is 0 Å². The van der Waals surface area contributed by atoms with Crippen molar-refractivity contribution in [2.24, 2.45) is 0 Å². The summed E-state index contributed by atoms with van der Waals surface area (Å²) < 4.78 is 6.18. The van der Waals surface area contributed by atoms with E-state index in [-0.39, 0.29) is 5.82 Å². The Morgan fingerprint density at radius 2 is 1.83 bits per heavy atom. The molecule has 0 saturated carbocycles. The van der Waals surface area contributed by atoms with Gasteiger partial charge in [0.2, 0.25) is 5.88 Å². The summed E-state index contributed by atoms with van der Waals surface area (Å²) in [4.78, 5) is 3.98. The number of anilines is 2. The van der Waals surface area contributed by atoms with E-state index in [0.29, 0.717) is 31.8 Å². The van der Waals surface area contributed by atoms with Crippen molar-refractivity contribution < 1.29 is 4.74 Å². The van der Waals surface area contributed by atoms with Gasteiger partial charge in [0.1, 0.15) is 5.75 Å². The van der Waals surface area contributed by atoms with Gasteiger partial charge in [-0.05, 0) is 28.1 Å². The third kappa shape index (κ3) is 2.80. The molecule has 2 aromatic rings. The van der Waals surface area contributed by atoms with E-state index in [1.165, 1.54) is 0 Å². The van der Waals surface area contributed by atoms with Gasteiger partial charge in [-0.25, -0.2) is 0 Å². The molecule has 1 heterocycles. The number of aromatic nitrogens is 1. The van der Waals surface area contributed by atoms with Crippen molar-refractivity contribution >= 4 is 50.6 Å². The number of ether oxygens (including phenoxy) is 1. The average Bonchev–Trinajstić information content (AvgIpc) is 2.31. The number of rotatable bonds is 2. The SMILES string of the molecule is Nc1ccc(Oc2cc(Cl)c(Br)cc2Cl)nc1N. The maximum atomic E-state index is 6.03. The molecule has 0 unspecified atom stereocenters. The maximum Gasteiger partial charge on any atom is 0.221 e. The van der Waals surface area contributed by atoms with Crippen LogP contribution in [0.2, 0.25) is 10.0 Å². The van der Waals surface area contributed by atoms with Crippen molar-refractivity contribution in [3.8, 4) is 11.6 Å². The highest BCUT2D eigenvalue weighted by atomic mass is 79.9. The van der Waals surface area contributed by atoms with Crippen LogP contribution >= 0.6 is 39.1 Å². The largest absolute Gasteiger partial charge is 0.437 e. The Balaban J connectivity index is 2.34. The van der Waals surface area contributed by atoms with Gasteiger partial charge in [0.15, 0.2) is 5.82 Å². The Bertz CT molecular complexity index is 607. The third-order valence-electron chi connectivity index (χ3n) is 2.12. The average molecular weight is 349 g/mol. The number of nitrogen functional groups attached to an aromatic ring is 2. The molecule has 7 heteroatoms. The lowest BCUT2D eigenvalue weighted by Crippen LogP contribution is -1.99. The van der Waals surface area contributed by atoms with E-state index in [1.807, 2.05) is 0 Å². The smallest absolute Gasteiger partial charge is 0.221 e. The van der Waals surface area contributed by atoms with Crippen molar-refractivity contribution in [2.75, 3.05) is 11.5 Å². The van der Waals surface area contributed by atoms with Crippen LogP contribution in [0.3, 0.4) is 0 Å². The molecule has 0 fully saturated rings. The summed E-state index contributed by atoms with van der Waals surface area (Å²) in [7, 11) is 0. The van der Waals surface area contributed by atoms with Gasteiger partial charge in [0.25, 0.3) is 0 Å². The molecular formula is C11H8BrCl2N3O. The van der Waals surface area contributed by atoms with Crippen molar-refractivity contribution in [3.05, 3.63) is 38.8 Å². The van der Waals surface area contributed by atoms with Gasteiger partial charge in [-0.15, -0.1) is 0 Å². The highest BCUT2D eigenvalue weighted by Gasteiger charge is 2.09. The predicted octanol–water partition coefficient (Wildman–Crippen LogP) is 4.11. The number of benzene rings is 1. The number of hydrogen-bond acceptors (Lipinski definition) is 4. The van der Waals surface area contributed by atoms with Crippen molar-refractivity contribution in [1.29, 1.82) is 0 Å². The van der Waals surface area contributed by atoms with Gasteiger partial charge in [-0.2, -0.15) is 4.98 Å². The van der Waals surface area contributed by atoms with Crippen molar-refractivity contribution in [2.45, 2.75) is 0 Å². The lowest BCUT2D eigenvalue weighted by Gasteiger charge is -2.09. The summed E-state index contributed by atoms with van der Waals surface area (Å²) in [5.41, 5.74) is 11.5. The van der Waals surface area contributed by atoms with Crippen LogP contribution in [0, 0.1) is 0 Å². The minimum absolute atomic E-state index is 0.201. The highest BCUT2D eigenvalue weighted by Crippen LogP contribution is 2.36. The Kier molecular flexibility index (Phi) is 3.85. The fourth-order valence-corrected chi connectivity index (χ4v) is 2.05. The number of pyridine rings is 1. The Labute approximate surface area is 122 Å². The molecule has 2 rings (SSSR count). The summed E-state index contributed by atoms with van der Waals surface area (Å²) in [6.45, 7) is 0. The maximum absolute atomic E-state index is 6.03. The predicted molar refractivity (Wildman–Crippen MR) is 77.3 cm³/mol. The zero-order chi connectivity index (χ0) is 13.3. The zero-order valence-electron chi connectivity index (χ0n) is 8.95. The minimum atomic E-state index is 0.201. The second-order valence-electron chi connectivity index (χ2n) is 3.42. The second-order valence-corrected chi connectivity index (χ2v) is 5.09. The molecule has 0 radical (unpaired) electrons. The van der Waals surface area contributed by atoms with Crippen LogP contribution in [-0.2, 0) is 0 Å². The van der Waals surface area contributed by atoms with Gasteiger partial charge in [-0.3, -0.25) is 0 Å². The van der Waals surface area contributed by atoms with Gasteiger partial charge in [0, 0.05) is 16.6 Å². The first-order chi connectivity index (χ1) is 8.47. The molecule has 94 valence electrons. The van der Waals surface area contributed by atoms with E-state index in [4.69, 9.17) is 39.4 Å². The Morgan fingerprint density at radius 3 is 2.50 bits per heavy atom. The number of nitrogens with zero attached hydrogens (tertiary/aromatic N) is 1. The highest BCUT2D eigenvalue weighted by molar-refractivity contribution is 9.10. The molecule has 4 nitrogen and oxygen atoms in total.